The van der Waals surface area contributed by atoms with Crippen molar-refractivity contribution in [3.63, 3.8) is 0 Å². The summed E-state index contributed by atoms with van der Waals surface area (Å²) in [6.07, 6.45) is 1.70. The first-order chi connectivity index (χ1) is 10.2. The van der Waals surface area contributed by atoms with Crippen molar-refractivity contribution in [2.24, 2.45) is 5.73 Å². The molecule has 6 heteroatoms. The maximum Gasteiger partial charge on any atom is 0.258 e. The van der Waals surface area contributed by atoms with E-state index in [0.29, 0.717) is 6.54 Å². The lowest BCUT2D eigenvalue weighted by Gasteiger charge is -2.32. The van der Waals surface area contributed by atoms with Gasteiger partial charge in [-0.2, -0.15) is 0 Å². The van der Waals surface area contributed by atoms with Crippen molar-refractivity contribution in [2.45, 2.75) is 18.9 Å². The van der Waals surface area contributed by atoms with Crippen LogP contribution in [0.5, 0.6) is 5.75 Å². The highest BCUT2D eigenvalue weighted by atomic mass is 19.1. The van der Waals surface area contributed by atoms with Gasteiger partial charge in [0.1, 0.15) is 17.1 Å². The molecule has 5 nitrogen and oxygen atoms in total. The molecule has 116 valence electrons. The van der Waals surface area contributed by atoms with Crippen molar-refractivity contribution in [3.05, 3.63) is 29.6 Å². The molecule has 0 aromatic heterocycles. The first-order valence-corrected chi connectivity index (χ1v) is 7.21. The molecule has 1 aromatic carbocycles. The maximum absolute atomic E-state index is 13.8. The molecule has 0 saturated carbocycles. The number of nitrogens with two attached hydrogens (primary N) is 1. The summed E-state index contributed by atoms with van der Waals surface area (Å²) in [6.45, 7) is 3.32. The van der Waals surface area contributed by atoms with Crippen LogP contribution in [0.25, 0.3) is 0 Å². The number of benzene rings is 1. The fourth-order valence-corrected chi connectivity index (χ4v) is 2.64. The second kappa shape index (κ2) is 7.38. The standard InChI is InChI=1S/C15H22FN3O2/c1-21-13-4-2-3-12(16)14(13)15(20)18-11-5-8-19(9-6-11)10-7-17/h2-4,11H,5-10,17H2,1H3,(H,18,20). The molecular weight excluding hydrogens is 273 g/mol. The second-order valence-electron chi connectivity index (χ2n) is 5.20. The molecule has 1 aromatic rings. The molecule has 2 rings (SSSR count). The van der Waals surface area contributed by atoms with E-state index < -0.39 is 11.7 Å². The number of piperidine rings is 1. The van der Waals surface area contributed by atoms with Gasteiger partial charge in [-0.05, 0) is 25.0 Å². The van der Waals surface area contributed by atoms with Gasteiger partial charge < -0.3 is 20.7 Å². The molecule has 1 amide bonds. The summed E-state index contributed by atoms with van der Waals surface area (Å²) in [5.41, 5.74) is 5.51. The molecule has 3 N–H and O–H groups in total. The molecule has 1 heterocycles. The van der Waals surface area contributed by atoms with Crippen molar-refractivity contribution in [2.75, 3.05) is 33.3 Å². The average Bonchev–Trinajstić information content (AvgIpc) is 2.49. The number of rotatable bonds is 5. The summed E-state index contributed by atoms with van der Waals surface area (Å²) in [7, 11) is 1.43. The number of hydrogen-bond acceptors (Lipinski definition) is 4. The van der Waals surface area contributed by atoms with Crippen LogP contribution < -0.4 is 15.8 Å². The van der Waals surface area contributed by atoms with Gasteiger partial charge in [-0.15, -0.1) is 0 Å². The first kappa shape index (κ1) is 15.7. The van der Waals surface area contributed by atoms with Gasteiger partial charge in [0.2, 0.25) is 0 Å². The number of carbonyl (C=O) groups excluding carboxylic acids is 1. The number of halogens is 1. The molecular formula is C15H22FN3O2. The van der Waals surface area contributed by atoms with E-state index in [1.165, 1.54) is 19.2 Å². The van der Waals surface area contributed by atoms with Crippen LogP contribution >= 0.6 is 0 Å². The number of nitrogens with one attached hydrogen (secondary N) is 1. The monoisotopic (exact) mass is 295 g/mol. The zero-order valence-corrected chi connectivity index (χ0v) is 12.3. The zero-order valence-electron chi connectivity index (χ0n) is 12.3. The Labute approximate surface area is 124 Å². The Morgan fingerprint density at radius 3 is 2.81 bits per heavy atom. The Bertz CT molecular complexity index is 488. The van der Waals surface area contributed by atoms with Crippen molar-refractivity contribution in [1.29, 1.82) is 0 Å². The van der Waals surface area contributed by atoms with E-state index in [2.05, 4.69) is 10.2 Å². The van der Waals surface area contributed by atoms with Crippen LogP contribution in [-0.2, 0) is 0 Å². The van der Waals surface area contributed by atoms with Gasteiger partial charge in [0.05, 0.1) is 7.11 Å². The van der Waals surface area contributed by atoms with Gasteiger partial charge in [-0.3, -0.25) is 4.79 Å². The van der Waals surface area contributed by atoms with Crippen molar-refractivity contribution >= 4 is 5.91 Å². The predicted molar refractivity (Wildman–Crippen MR) is 78.9 cm³/mol. The fourth-order valence-electron chi connectivity index (χ4n) is 2.64. The highest BCUT2D eigenvalue weighted by molar-refractivity contribution is 5.97. The van der Waals surface area contributed by atoms with Crippen LogP contribution in [-0.4, -0.2) is 50.1 Å². The third-order valence-corrected chi connectivity index (χ3v) is 3.79. The van der Waals surface area contributed by atoms with Crippen LogP contribution in [0.4, 0.5) is 4.39 Å². The lowest BCUT2D eigenvalue weighted by molar-refractivity contribution is 0.0904. The van der Waals surface area contributed by atoms with Crippen molar-refractivity contribution in [3.8, 4) is 5.75 Å². The summed E-state index contributed by atoms with van der Waals surface area (Å²) < 4.78 is 18.9. The molecule has 0 bridgehead atoms. The van der Waals surface area contributed by atoms with E-state index in [1.807, 2.05) is 0 Å². The normalized spacial score (nSPS) is 16.7. The number of ether oxygens (including phenoxy) is 1. The van der Waals surface area contributed by atoms with Gasteiger partial charge in [-0.1, -0.05) is 6.07 Å². The van der Waals surface area contributed by atoms with E-state index in [-0.39, 0.29) is 17.4 Å². The third kappa shape index (κ3) is 3.92. The molecule has 0 radical (unpaired) electrons. The Morgan fingerprint density at radius 1 is 1.48 bits per heavy atom. The van der Waals surface area contributed by atoms with Crippen molar-refractivity contribution in [1.82, 2.24) is 10.2 Å². The third-order valence-electron chi connectivity index (χ3n) is 3.79. The molecule has 1 aliphatic rings. The van der Waals surface area contributed by atoms with Gasteiger partial charge in [0.15, 0.2) is 0 Å². The van der Waals surface area contributed by atoms with Crippen molar-refractivity contribution < 1.29 is 13.9 Å². The fraction of sp³-hybridized carbons (Fsp3) is 0.533. The van der Waals surface area contributed by atoms with E-state index >= 15 is 0 Å². The summed E-state index contributed by atoms with van der Waals surface area (Å²) in [5.74, 6) is -0.720. The van der Waals surface area contributed by atoms with E-state index in [4.69, 9.17) is 10.5 Å². The SMILES string of the molecule is COc1cccc(F)c1C(=O)NC1CCN(CCN)CC1. The van der Waals surface area contributed by atoms with Gasteiger partial charge in [-0.25, -0.2) is 4.39 Å². The minimum atomic E-state index is -0.563. The van der Waals surface area contributed by atoms with Crippen LogP contribution in [0.2, 0.25) is 0 Å². The highest BCUT2D eigenvalue weighted by Gasteiger charge is 2.23. The Morgan fingerprint density at radius 2 is 2.19 bits per heavy atom. The summed E-state index contributed by atoms with van der Waals surface area (Å²) >= 11 is 0. The van der Waals surface area contributed by atoms with Gasteiger partial charge >= 0.3 is 0 Å². The largest absolute Gasteiger partial charge is 0.496 e. The number of carbonyl (C=O) groups is 1. The topological polar surface area (TPSA) is 67.6 Å². The number of hydrogen-bond donors (Lipinski definition) is 2. The summed E-state index contributed by atoms with van der Waals surface area (Å²) in [4.78, 5) is 14.5. The molecule has 21 heavy (non-hydrogen) atoms. The Hall–Kier alpha value is -1.66. The van der Waals surface area contributed by atoms with Crippen LogP contribution in [0.1, 0.15) is 23.2 Å². The number of likely N-dealkylation sites (tertiary alicyclic amines) is 1. The minimum Gasteiger partial charge on any atom is -0.496 e. The predicted octanol–water partition coefficient (Wildman–Crippen LogP) is 0.987. The molecule has 0 spiro atoms. The summed E-state index contributed by atoms with van der Waals surface area (Å²) in [5, 5.41) is 2.90. The molecule has 0 atom stereocenters. The average molecular weight is 295 g/mol. The Balaban J connectivity index is 1.97. The van der Waals surface area contributed by atoms with Gasteiger partial charge in [0, 0.05) is 32.2 Å². The second-order valence-corrected chi connectivity index (χ2v) is 5.20. The number of nitrogens with zero attached hydrogens (tertiary/aromatic N) is 1. The first-order valence-electron chi connectivity index (χ1n) is 7.21. The zero-order chi connectivity index (χ0) is 15.2. The number of methoxy groups -OCH3 is 1. The van der Waals surface area contributed by atoms with Gasteiger partial charge in [0.25, 0.3) is 5.91 Å². The van der Waals surface area contributed by atoms with Crippen LogP contribution in [0.15, 0.2) is 18.2 Å². The lowest BCUT2D eigenvalue weighted by Crippen LogP contribution is -2.46. The van der Waals surface area contributed by atoms with E-state index in [1.54, 1.807) is 6.07 Å². The smallest absolute Gasteiger partial charge is 0.258 e. The maximum atomic E-state index is 13.8. The van der Waals surface area contributed by atoms with E-state index in [9.17, 15) is 9.18 Å². The lowest BCUT2D eigenvalue weighted by atomic mass is 10.0. The summed E-state index contributed by atoms with van der Waals surface area (Å²) in [6, 6.07) is 4.44. The van der Waals surface area contributed by atoms with Crippen LogP contribution in [0, 0.1) is 5.82 Å². The molecule has 1 saturated heterocycles. The quantitative estimate of drug-likeness (QED) is 0.850. The molecule has 1 fully saturated rings. The Kier molecular flexibility index (Phi) is 5.52. The van der Waals surface area contributed by atoms with Crippen LogP contribution in [0.3, 0.4) is 0 Å². The molecule has 1 aliphatic heterocycles. The minimum absolute atomic E-state index is 0.0237. The van der Waals surface area contributed by atoms with E-state index in [0.717, 1.165) is 32.5 Å². The highest BCUT2D eigenvalue weighted by Crippen LogP contribution is 2.21. The molecule has 0 aliphatic carbocycles. The molecule has 0 unspecified atom stereocenters. The number of amides is 1.